The molecule has 0 N–H and O–H groups in total. The van der Waals surface area contributed by atoms with Gasteiger partial charge in [0.15, 0.2) is 0 Å². The number of benzene rings is 1. The average Bonchev–Trinajstić information content (AvgIpc) is 2.56. The van der Waals surface area contributed by atoms with E-state index in [9.17, 15) is 4.79 Å². The molecule has 0 spiro atoms. The molecule has 0 unspecified atom stereocenters. The minimum atomic E-state index is -0.133. The van der Waals surface area contributed by atoms with Crippen LogP contribution in [0.15, 0.2) is 58.7 Å². The summed E-state index contributed by atoms with van der Waals surface area (Å²) >= 11 is 5.90. The largest absolute Gasteiger partial charge is 0.336 e. The summed E-state index contributed by atoms with van der Waals surface area (Å²) in [5.41, 5.74) is 1.60. The van der Waals surface area contributed by atoms with Crippen molar-refractivity contribution in [3.8, 4) is 0 Å². The molecule has 4 nitrogen and oxygen atoms in total. The summed E-state index contributed by atoms with van der Waals surface area (Å²) in [6.45, 7) is 10.9. The van der Waals surface area contributed by atoms with Gasteiger partial charge in [0.05, 0.1) is 5.57 Å². The molecule has 0 saturated carbocycles. The number of hydrogen-bond donors (Lipinski definition) is 0. The minimum absolute atomic E-state index is 0.103. The third-order valence-electron chi connectivity index (χ3n) is 3.70. The highest BCUT2D eigenvalue weighted by atomic mass is 35.5. The van der Waals surface area contributed by atoms with Crippen molar-refractivity contribution in [3.63, 3.8) is 0 Å². The van der Waals surface area contributed by atoms with Crippen LogP contribution < -0.4 is 0 Å². The Kier molecular flexibility index (Phi) is 5.92. The van der Waals surface area contributed by atoms with Gasteiger partial charge in [0.1, 0.15) is 5.16 Å². The highest BCUT2D eigenvalue weighted by Crippen LogP contribution is 2.16. The summed E-state index contributed by atoms with van der Waals surface area (Å²) in [5, 5.41) is 0.103. The van der Waals surface area contributed by atoms with Gasteiger partial charge < -0.3 is 4.90 Å². The lowest BCUT2D eigenvalue weighted by atomic mass is 10.2. The molecule has 0 aromatic heterocycles. The molecular weight excluding hydrogens is 298 g/mol. The Morgan fingerprint density at radius 2 is 1.86 bits per heavy atom. The highest BCUT2D eigenvalue weighted by molar-refractivity contribution is 6.32. The summed E-state index contributed by atoms with van der Waals surface area (Å²) in [7, 11) is 0. The monoisotopic (exact) mass is 317 g/mol. The van der Waals surface area contributed by atoms with Gasteiger partial charge in [-0.15, -0.1) is 0 Å². The molecule has 1 aliphatic heterocycles. The van der Waals surface area contributed by atoms with E-state index in [1.54, 1.807) is 4.90 Å². The standard InChI is InChI=1S/C17H20ClN3O/c1-3-15(16(18)19-2)17(22)21-11-9-20(10-12-21)13-14-7-5-4-6-8-14/h3-8H,1-2,9-13H2/b16-15+. The van der Waals surface area contributed by atoms with Crippen LogP contribution in [0, 0.1) is 0 Å². The van der Waals surface area contributed by atoms with E-state index in [0.717, 1.165) is 19.6 Å². The number of hydrogen-bond acceptors (Lipinski definition) is 3. The van der Waals surface area contributed by atoms with E-state index in [4.69, 9.17) is 11.6 Å². The van der Waals surface area contributed by atoms with Crippen molar-refractivity contribution in [1.29, 1.82) is 0 Å². The van der Waals surface area contributed by atoms with Gasteiger partial charge in [0, 0.05) is 32.7 Å². The Morgan fingerprint density at radius 3 is 2.41 bits per heavy atom. The fourth-order valence-electron chi connectivity index (χ4n) is 2.47. The average molecular weight is 318 g/mol. The number of piperazine rings is 1. The zero-order chi connectivity index (χ0) is 15.9. The van der Waals surface area contributed by atoms with E-state index < -0.39 is 0 Å². The zero-order valence-corrected chi connectivity index (χ0v) is 13.3. The molecule has 0 aliphatic carbocycles. The van der Waals surface area contributed by atoms with E-state index in [1.165, 1.54) is 11.6 Å². The maximum Gasteiger partial charge on any atom is 0.257 e. The van der Waals surface area contributed by atoms with Crippen molar-refractivity contribution in [2.45, 2.75) is 6.54 Å². The van der Waals surface area contributed by atoms with Gasteiger partial charge in [0.25, 0.3) is 5.91 Å². The molecule has 0 atom stereocenters. The first-order valence-corrected chi connectivity index (χ1v) is 7.58. The molecular formula is C17H20ClN3O. The maximum absolute atomic E-state index is 12.4. The summed E-state index contributed by atoms with van der Waals surface area (Å²) in [5.74, 6) is -0.133. The van der Waals surface area contributed by atoms with Crippen molar-refractivity contribution < 1.29 is 4.79 Å². The van der Waals surface area contributed by atoms with Gasteiger partial charge in [-0.1, -0.05) is 54.6 Å². The lowest BCUT2D eigenvalue weighted by Crippen LogP contribution is -2.48. The van der Waals surface area contributed by atoms with Gasteiger partial charge in [-0.05, 0) is 12.3 Å². The molecule has 22 heavy (non-hydrogen) atoms. The molecule has 116 valence electrons. The SMILES string of the molecule is C=C/C(C(=O)N1CCN(Cc2ccccc2)CC1)=C(/Cl)N=C. The zero-order valence-electron chi connectivity index (χ0n) is 12.5. The van der Waals surface area contributed by atoms with Crippen molar-refractivity contribution in [2.75, 3.05) is 26.2 Å². The normalized spacial score (nSPS) is 16.9. The Hall–Kier alpha value is -1.91. The predicted molar refractivity (Wildman–Crippen MR) is 90.9 cm³/mol. The van der Waals surface area contributed by atoms with Crippen LogP contribution in [-0.2, 0) is 11.3 Å². The lowest BCUT2D eigenvalue weighted by Gasteiger charge is -2.35. The smallest absolute Gasteiger partial charge is 0.257 e. The van der Waals surface area contributed by atoms with Crippen molar-refractivity contribution >= 4 is 24.2 Å². The van der Waals surface area contributed by atoms with E-state index in [2.05, 4.69) is 35.3 Å². The molecule has 1 aliphatic rings. The van der Waals surface area contributed by atoms with Crippen LogP contribution in [0.1, 0.15) is 5.56 Å². The minimum Gasteiger partial charge on any atom is -0.336 e. The van der Waals surface area contributed by atoms with Crippen LogP contribution in [0.3, 0.4) is 0 Å². The molecule has 2 rings (SSSR count). The first-order valence-electron chi connectivity index (χ1n) is 7.20. The highest BCUT2D eigenvalue weighted by Gasteiger charge is 2.23. The van der Waals surface area contributed by atoms with E-state index in [-0.39, 0.29) is 11.1 Å². The summed E-state index contributed by atoms with van der Waals surface area (Å²) in [6, 6.07) is 10.3. The number of rotatable bonds is 5. The summed E-state index contributed by atoms with van der Waals surface area (Å²) in [4.78, 5) is 20.1. The third kappa shape index (κ3) is 4.06. The fraction of sp³-hybridized carbons (Fsp3) is 0.294. The summed E-state index contributed by atoms with van der Waals surface area (Å²) in [6.07, 6.45) is 1.44. The second kappa shape index (κ2) is 7.92. The molecule has 1 amide bonds. The Morgan fingerprint density at radius 1 is 1.23 bits per heavy atom. The first-order chi connectivity index (χ1) is 10.7. The molecule has 0 bridgehead atoms. The maximum atomic E-state index is 12.4. The van der Waals surface area contributed by atoms with Gasteiger partial charge in [-0.3, -0.25) is 14.7 Å². The van der Waals surface area contributed by atoms with Crippen molar-refractivity contribution in [3.05, 3.63) is 59.3 Å². The van der Waals surface area contributed by atoms with Gasteiger partial charge in [0.2, 0.25) is 0 Å². The third-order valence-corrected chi connectivity index (χ3v) is 4.03. The number of aliphatic imine (C=N–C) groups is 1. The quantitative estimate of drug-likeness (QED) is 0.362. The van der Waals surface area contributed by atoms with Crippen LogP contribution in [0.5, 0.6) is 0 Å². The van der Waals surface area contributed by atoms with Crippen molar-refractivity contribution in [1.82, 2.24) is 9.80 Å². The Bertz CT molecular complexity index is 575. The molecule has 1 aromatic carbocycles. The van der Waals surface area contributed by atoms with Gasteiger partial charge in [-0.2, -0.15) is 0 Å². The second-order valence-corrected chi connectivity index (χ2v) is 5.48. The lowest BCUT2D eigenvalue weighted by molar-refractivity contribution is -0.128. The Labute approximate surface area is 136 Å². The predicted octanol–water partition coefficient (Wildman–Crippen LogP) is 2.67. The topological polar surface area (TPSA) is 35.9 Å². The molecule has 1 heterocycles. The van der Waals surface area contributed by atoms with Crippen molar-refractivity contribution in [2.24, 2.45) is 4.99 Å². The van der Waals surface area contributed by atoms with Crippen LogP contribution in [0.25, 0.3) is 0 Å². The van der Waals surface area contributed by atoms with Gasteiger partial charge in [-0.25, -0.2) is 0 Å². The van der Waals surface area contributed by atoms with E-state index in [1.807, 2.05) is 18.2 Å². The van der Waals surface area contributed by atoms with Crippen LogP contribution >= 0.6 is 11.6 Å². The summed E-state index contributed by atoms with van der Waals surface area (Å²) < 4.78 is 0. The molecule has 5 heteroatoms. The molecule has 1 fully saturated rings. The van der Waals surface area contributed by atoms with Crippen LogP contribution in [0.2, 0.25) is 0 Å². The van der Waals surface area contributed by atoms with E-state index in [0.29, 0.717) is 18.7 Å². The van der Waals surface area contributed by atoms with Crippen LogP contribution in [0.4, 0.5) is 0 Å². The number of halogens is 1. The molecule has 1 saturated heterocycles. The first kappa shape index (κ1) is 16.5. The second-order valence-electron chi connectivity index (χ2n) is 5.12. The Balaban J connectivity index is 1.93. The van der Waals surface area contributed by atoms with Crippen LogP contribution in [-0.4, -0.2) is 48.6 Å². The molecule has 0 radical (unpaired) electrons. The fourth-order valence-corrected chi connectivity index (χ4v) is 2.62. The number of carbonyl (C=O) groups is 1. The van der Waals surface area contributed by atoms with Gasteiger partial charge >= 0.3 is 0 Å². The number of carbonyl (C=O) groups excluding carboxylic acids is 1. The van der Waals surface area contributed by atoms with E-state index >= 15 is 0 Å². The number of amides is 1. The number of nitrogens with zero attached hydrogens (tertiary/aromatic N) is 3. The molecule has 1 aromatic rings.